The van der Waals surface area contributed by atoms with Crippen LogP contribution in [-0.2, 0) is 4.79 Å². The summed E-state index contributed by atoms with van der Waals surface area (Å²) in [5.41, 5.74) is 4.00. The Morgan fingerprint density at radius 3 is 2.89 bits per heavy atom. The monoisotopic (exact) mass is 377 g/mol. The van der Waals surface area contributed by atoms with Crippen LogP contribution in [0.4, 0.5) is 5.69 Å². The van der Waals surface area contributed by atoms with Crippen LogP contribution in [0.25, 0.3) is 11.4 Å². The molecule has 0 N–H and O–H groups in total. The summed E-state index contributed by atoms with van der Waals surface area (Å²) in [6, 6.07) is 13.7. The van der Waals surface area contributed by atoms with Gasteiger partial charge in [0.1, 0.15) is 5.75 Å². The number of rotatable bonds is 5. The summed E-state index contributed by atoms with van der Waals surface area (Å²) in [4.78, 5) is 19.0. The van der Waals surface area contributed by atoms with Gasteiger partial charge in [0.05, 0.1) is 12.5 Å². The highest BCUT2D eigenvalue weighted by Gasteiger charge is 2.35. The number of amides is 1. The van der Waals surface area contributed by atoms with Gasteiger partial charge in [-0.15, -0.1) is 0 Å². The molecule has 144 valence electrons. The predicted octanol–water partition coefficient (Wildman–Crippen LogP) is 4.27. The summed E-state index contributed by atoms with van der Waals surface area (Å²) < 4.78 is 11.0. The maximum atomic E-state index is 12.6. The van der Waals surface area contributed by atoms with Crippen LogP contribution in [-0.4, -0.2) is 29.2 Å². The average molecular weight is 377 g/mol. The van der Waals surface area contributed by atoms with E-state index in [0.29, 0.717) is 31.3 Å². The number of ether oxygens (including phenoxy) is 1. The highest BCUT2D eigenvalue weighted by atomic mass is 16.5. The SMILES string of the molecule is CCOc1cccc(-c2noc(C3CC(=O)N(c4cc(C)ccc4C)C3)n2)c1. The first kappa shape index (κ1) is 18.2. The molecule has 0 radical (unpaired) electrons. The van der Waals surface area contributed by atoms with Gasteiger partial charge in [0, 0.05) is 24.2 Å². The van der Waals surface area contributed by atoms with E-state index >= 15 is 0 Å². The fraction of sp³-hybridized carbons (Fsp3) is 0.318. The molecule has 1 unspecified atom stereocenters. The number of hydrogen-bond donors (Lipinski definition) is 0. The Hall–Kier alpha value is -3.15. The molecule has 1 amide bonds. The van der Waals surface area contributed by atoms with E-state index in [0.717, 1.165) is 28.1 Å². The Labute approximate surface area is 164 Å². The lowest BCUT2D eigenvalue weighted by molar-refractivity contribution is -0.117. The molecule has 1 aromatic heterocycles. The van der Waals surface area contributed by atoms with Crippen molar-refractivity contribution in [2.24, 2.45) is 0 Å². The molecule has 3 aromatic rings. The van der Waals surface area contributed by atoms with Crippen molar-refractivity contribution in [2.45, 2.75) is 33.1 Å². The maximum Gasteiger partial charge on any atom is 0.232 e. The molecular formula is C22H23N3O3. The van der Waals surface area contributed by atoms with Crippen LogP contribution in [0.3, 0.4) is 0 Å². The van der Waals surface area contributed by atoms with E-state index in [9.17, 15) is 4.79 Å². The molecule has 0 saturated carbocycles. The van der Waals surface area contributed by atoms with Gasteiger partial charge in [0.25, 0.3) is 0 Å². The van der Waals surface area contributed by atoms with Crippen molar-refractivity contribution in [1.29, 1.82) is 0 Å². The molecule has 0 spiro atoms. The first-order chi connectivity index (χ1) is 13.5. The van der Waals surface area contributed by atoms with Crippen LogP contribution in [0, 0.1) is 13.8 Å². The molecule has 1 aliphatic heterocycles. The lowest BCUT2D eigenvalue weighted by Gasteiger charge is -2.19. The summed E-state index contributed by atoms with van der Waals surface area (Å²) in [5.74, 6) is 1.75. The lowest BCUT2D eigenvalue weighted by Crippen LogP contribution is -2.25. The van der Waals surface area contributed by atoms with E-state index < -0.39 is 0 Å². The number of aryl methyl sites for hydroxylation is 2. The average Bonchev–Trinajstić information content (AvgIpc) is 3.31. The molecule has 0 aliphatic carbocycles. The predicted molar refractivity (Wildman–Crippen MR) is 107 cm³/mol. The molecule has 1 saturated heterocycles. The molecule has 4 rings (SSSR count). The number of nitrogens with zero attached hydrogens (tertiary/aromatic N) is 3. The van der Waals surface area contributed by atoms with Crippen molar-refractivity contribution >= 4 is 11.6 Å². The number of aromatic nitrogens is 2. The van der Waals surface area contributed by atoms with Gasteiger partial charge in [-0.1, -0.05) is 29.4 Å². The molecule has 6 heteroatoms. The van der Waals surface area contributed by atoms with Gasteiger partial charge in [-0.3, -0.25) is 4.79 Å². The molecule has 6 nitrogen and oxygen atoms in total. The van der Waals surface area contributed by atoms with E-state index in [2.05, 4.69) is 16.2 Å². The van der Waals surface area contributed by atoms with Crippen molar-refractivity contribution in [3.05, 3.63) is 59.5 Å². The normalized spacial score (nSPS) is 16.6. The van der Waals surface area contributed by atoms with Crippen LogP contribution in [0.1, 0.15) is 36.3 Å². The Balaban J connectivity index is 1.56. The number of anilines is 1. The van der Waals surface area contributed by atoms with Gasteiger partial charge in [0.2, 0.25) is 17.6 Å². The van der Waals surface area contributed by atoms with Crippen molar-refractivity contribution in [2.75, 3.05) is 18.1 Å². The van der Waals surface area contributed by atoms with Gasteiger partial charge in [-0.2, -0.15) is 4.98 Å². The third-order valence-corrected chi connectivity index (χ3v) is 4.97. The van der Waals surface area contributed by atoms with Gasteiger partial charge in [-0.05, 0) is 50.1 Å². The van der Waals surface area contributed by atoms with Crippen LogP contribution in [0.2, 0.25) is 0 Å². The molecule has 1 atom stereocenters. The fourth-order valence-corrected chi connectivity index (χ4v) is 3.53. The zero-order valence-corrected chi connectivity index (χ0v) is 16.3. The molecule has 28 heavy (non-hydrogen) atoms. The Morgan fingerprint density at radius 2 is 2.07 bits per heavy atom. The first-order valence-electron chi connectivity index (χ1n) is 9.49. The van der Waals surface area contributed by atoms with Crippen molar-refractivity contribution in [3.63, 3.8) is 0 Å². The maximum absolute atomic E-state index is 12.6. The van der Waals surface area contributed by atoms with E-state index in [-0.39, 0.29) is 11.8 Å². The Kier molecular flexibility index (Phi) is 4.86. The van der Waals surface area contributed by atoms with Crippen molar-refractivity contribution < 1.29 is 14.1 Å². The molecular weight excluding hydrogens is 354 g/mol. The van der Waals surface area contributed by atoms with Crippen LogP contribution in [0.15, 0.2) is 47.0 Å². The van der Waals surface area contributed by atoms with Gasteiger partial charge < -0.3 is 14.2 Å². The smallest absolute Gasteiger partial charge is 0.232 e. The summed E-state index contributed by atoms with van der Waals surface area (Å²) in [5, 5.41) is 4.12. The van der Waals surface area contributed by atoms with Crippen molar-refractivity contribution in [1.82, 2.24) is 10.1 Å². The third-order valence-electron chi connectivity index (χ3n) is 4.97. The zero-order valence-electron chi connectivity index (χ0n) is 16.3. The fourth-order valence-electron chi connectivity index (χ4n) is 3.53. The number of hydrogen-bond acceptors (Lipinski definition) is 5. The molecule has 0 bridgehead atoms. The standard InChI is InChI=1S/C22H23N3O3/c1-4-27-18-7-5-6-16(11-18)21-23-22(28-24-21)17-12-20(26)25(13-17)19-10-14(2)8-9-15(19)3/h5-11,17H,4,12-13H2,1-3H3. The number of carbonyl (C=O) groups is 1. The minimum atomic E-state index is -0.108. The molecule has 1 fully saturated rings. The summed E-state index contributed by atoms with van der Waals surface area (Å²) in [6.07, 6.45) is 0.369. The van der Waals surface area contributed by atoms with E-state index in [1.165, 1.54) is 0 Å². The first-order valence-corrected chi connectivity index (χ1v) is 9.49. The Bertz CT molecular complexity index is 1010. The van der Waals surface area contributed by atoms with E-state index in [1.807, 2.05) is 62.1 Å². The Morgan fingerprint density at radius 1 is 1.21 bits per heavy atom. The van der Waals surface area contributed by atoms with Gasteiger partial charge >= 0.3 is 0 Å². The lowest BCUT2D eigenvalue weighted by atomic mass is 10.1. The third kappa shape index (κ3) is 3.50. The second-order valence-corrected chi connectivity index (χ2v) is 7.11. The summed E-state index contributed by atoms with van der Waals surface area (Å²) in [7, 11) is 0. The van der Waals surface area contributed by atoms with Crippen molar-refractivity contribution in [3.8, 4) is 17.1 Å². The molecule has 2 heterocycles. The van der Waals surface area contributed by atoms with Gasteiger partial charge in [0.15, 0.2) is 0 Å². The van der Waals surface area contributed by atoms with Gasteiger partial charge in [-0.25, -0.2) is 0 Å². The second-order valence-electron chi connectivity index (χ2n) is 7.11. The molecule has 1 aliphatic rings. The summed E-state index contributed by atoms with van der Waals surface area (Å²) in [6.45, 7) is 7.13. The second kappa shape index (κ2) is 7.46. The number of benzene rings is 2. The minimum Gasteiger partial charge on any atom is -0.494 e. The quantitative estimate of drug-likeness (QED) is 0.664. The zero-order chi connectivity index (χ0) is 19.7. The van der Waals surface area contributed by atoms with E-state index in [1.54, 1.807) is 0 Å². The highest BCUT2D eigenvalue weighted by Crippen LogP contribution is 2.34. The van der Waals surface area contributed by atoms with Crippen LogP contribution >= 0.6 is 0 Å². The summed E-state index contributed by atoms with van der Waals surface area (Å²) >= 11 is 0. The minimum absolute atomic E-state index is 0.0804. The van der Waals surface area contributed by atoms with Crippen LogP contribution in [0.5, 0.6) is 5.75 Å². The highest BCUT2D eigenvalue weighted by molar-refractivity contribution is 5.97. The number of carbonyl (C=O) groups excluding carboxylic acids is 1. The largest absolute Gasteiger partial charge is 0.494 e. The van der Waals surface area contributed by atoms with E-state index in [4.69, 9.17) is 9.26 Å². The van der Waals surface area contributed by atoms with Crippen LogP contribution < -0.4 is 9.64 Å². The molecule has 2 aromatic carbocycles. The topological polar surface area (TPSA) is 68.5 Å².